The maximum atomic E-state index is 6.26. The van der Waals surface area contributed by atoms with E-state index in [1.165, 1.54) is 94.3 Å². The third kappa shape index (κ3) is 5.59. The van der Waals surface area contributed by atoms with Gasteiger partial charge in [0.15, 0.2) is 0 Å². The largest absolute Gasteiger partial charge is 0.456 e. The van der Waals surface area contributed by atoms with Crippen LogP contribution in [-0.4, -0.2) is 4.57 Å². The lowest BCUT2D eigenvalue weighted by Gasteiger charge is -2.39. The number of rotatable bonds is 6. The van der Waals surface area contributed by atoms with Crippen LogP contribution in [0.3, 0.4) is 0 Å². The highest BCUT2D eigenvalue weighted by molar-refractivity contribution is 6.13. The van der Waals surface area contributed by atoms with Gasteiger partial charge in [0, 0.05) is 38.6 Å². The van der Waals surface area contributed by atoms with E-state index in [1.54, 1.807) is 0 Å². The molecule has 12 aromatic carbocycles. The summed E-state index contributed by atoms with van der Waals surface area (Å²) in [4.78, 5) is 2.49. The van der Waals surface area contributed by atoms with Gasteiger partial charge in [-0.05, 0) is 145 Å². The molecule has 3 aliphatic rings. The van der Waals surface area contributed by atoms with Gasteiger partial charge in [-0.1, -0.05) is 212 Å². The molecule has 77 heavy (non-hydrogen) atoms. The van der Waals surface area contributed by atoms with Crippen LogP contribution in [0.2, 0.25) is 0 Å². The maximum Gasteiger partial charge on any atom is 0.135 e. The van der Waals surface area contributed by atoms with Gasteiger partial charge in [-0.15, -0.1) is 0 Å². The van der Waals surface area contributed by atoms with Crippen molar-refractivity contribution in [2.45, 2.75) is 10.8 Å². The number of para-hydroxylation sites is 4. The molecule has 0 fully saturated rings. The van der Waals surface area contributed by atoms with Crippen LogP contribution >= 0.6 is 0 Å². The Balaban J connectivity index is 0.905. The van der Waals surface area contributed by atoms with Crippen molar-refractivity contribution >= 4 is 60.8 Å². The van der Waals surface area contributed by atoms with Gasteiger partial charge in [0.25, 0.3) is 0 Å². The summed E-state index contributed by atoms with van der Waals surface area (Å²) >= 11 is 0. The molecular weight excluding hydrogens is 933 g/mol. The Kier molecular flexibility index (Phi) is 8.69. The van der Waals surface area contributed by atoms with Crippen molar-refractivity contribution in [2.24, 2.45) is 0 Å². The first-order valence-corrected chi connectivity index (χ1v) is 26.7. The van der Waals surface area contributed by atoms with Crippen LogP contribution in [0.1, 0.15) is 44.5 Å². The minimum atomic E-state index is -0.559. The van der Waals surface area contributed by atoms with E-state index in [4.69, 9.17) is 4.42 Å². The number of nitrogens with zero attached hydrogens (tertiary/aromatic N) is 2. The molecule has 1 spiro atoms. The number of furan rings is 1. The van der Waals surface area contributed by atoms with Gasteiger partial charge in [0.2, 0.25) is 0 Å². The van der Waals surface area contributed by atoms with Crippen LogP contribution in [0.15, 0.2) is 283 Å². The fourth-order valence-corrected chi connectivity index (χ4v) is 14.4. The summed E-state index contributed by atoms with van der Waals surface area (Å²) in [7, 11) is 0. The lowest BCUT2D eigenvalue weighted by atomic mass is 9.65. The lowest BCUT2D eigenvalue weighted by Crippen LogP contribution is -2.33. The average Bonchev–Trinajstić information content (AvgIpc) is 4.39. The zero-order chi connectivity index (χ0) is 50.4. The summed E-state index contributed by atoms with van der Waals surface area (Å²) in [6, 6.07) is 104. The van der Waals surface area contributed by atoms with E-state index in [0.717, 1.165) is 50.1 Å². The predicted octanol–water partition coefficient (Wildman–Crippen LogP) is 18.9. The number of anilines is 3. The second kappa shape index (κ2) is 15.8. The van der Waals surface area contributed by atoms with Gasteiger partial charge < -0.3 is 13.9 Å². The van der Waals surface area contributed by atoms with Crippen LogP contribution in [0.4, 0.5) is 17.1 Å². The second-order valence-electron chi connectivity index (χ2n) is 21.0. The number of benzene rings is 12. The Morgan fingerprint density at radius 1 is 0.299 bits per heavy atom. The first-order chi connectivity index (χ1) is 38.2. The van der Waals surface area contributed by atoms with Crippen LogP contribution < -0.4 is 4.90 Å². The van der Waals surface area contributed by atoms with Gasteiger partial charge >= 0.3 is 0 Å². The van der Waals surface area contributed by atoms with Crippen LogP contribution in [-0.2, 0) is 10.8 Å². The summed E-state index contributed by atoms with van der Waals surface area (Å²) in [5.74, 6) is 0. The van der Waals surface area contributed by atoms with Gasteiger partial charge in [0.05, 0.1) is 27.6 Å². The molecule has 1 aliphatic heterocycles. The van der Waals surface area contributed by atoms with Gasteiger partial charge in [-0.2, -0.15) is 0 Å². The summed E-state index contributed by atoms with van der Waals surface area (Å²) in [6.07, 6.45) is 0. The Labute approximate surface area is 445 Å². The highest BCUT2D eigenvalue weighted by Gasteiger charge is 2.51. The van der Waals surface area contributed by atoms with E-state index in [1.807, 2.05) is 12.1 Å². The molecule has 2 aliphatic carbocycles. The van der Waals surface area contributed by atoms with E-state index in [0.29, 0.717) is 0 Å². The van der Waals surface area contributed by atoms with Crippen molar-refractivity contribution in [2.75, 3.05) is 4.90 Å². The van der Waals surface area contributed by atoms with Crippen molar-refractivity contribution in [1.82, 2.24) is 4.57 Å². The molecule has 3 nitrogen and oxygen atoms in total. The number of aromatic nitrogens is 1. The highest BCUT2D eigenvalue weighted by Crippen LogP contribution is 2.62. The zero-order valence-electron chi connectivity index (χ0n) is 41.9. The predicted molar refractivity (Wildman–Crippen MR) is 316 cm³/mol. The zero-order valence-corrected chi connectivity index (χ0v) is 41.9. The van der Waals surface area contributed by atoms with Gasteiger partial charge in [-0.25, -0.2) is 0 Å². The third-order valence-electron chi connectivity index (χ3n) is 17.5. The molecule has 1 atom stereocenters. The number of hydrogen-bond acceptors (Lipinski definition) is 2. The van der Waals surface area contributed by atoms with Crippen molar-refractivity contribution in [3.8, 4) is 39.1 Å². The first kappa shape index (κ1) is 42.4. The monoisotopic (exact) mass is 978 g/mol. The lowest BCUT2D eigenvalue weighted by molar-refractivity contribution is 0.669. The molecule has 358 valence electrons. The third-order valence-corrected chi connectivity index (χ3v) is 17.5. The van der Waals surface area contributed by atoms with Gasteiger partial charge in [0.1, 0.15) is 11.2 Å². The minimum Gasteiger partial charge on any atom is -0.456 e. The molecule has 0 saturated heterocycles. The summed E-state index contributed by atoms with van der Waals surface area (Å²) in [5.41, 5.74) is 25.3. The topological polar surface area (TPSA) is 21.3 Å². The van der Waals surface area contributed by atoms with Crippen LogP contribution in [0.5, 0.6) is 0 Å². The Bertz CT molecular complexity index is 4710. The van der Waals surface area contributed by atoms with E-state index >= 15 is 0 Å². The normalized spacial score (nSPS) is 15.2. The molecule has 2 aromatic heterocycles. The van der Waals surface area contributed by atoms with Crippen molar-refractivity contribution < 1.29 is 4.42 Å². The first-order valence-electron chi connectivity index (χ1n) is 26.7. The number of hydrogen-bond donors (Lipinski definition) is 0. The fourth-order valence-electron chi connectivity index (χ4n) is 14.4. The van der Waals surface area contributed by atoms with Crippen molar-refractivity contribution in [1.29, 1.82) is 0 Å². The van der Waals surface area contributed by atoms with Gasteiger partial charge in [-0.3, -0.25) is 0 Å². The second-order valence-corrected chi connectivity index (χ2v) is 21.0. The number of fused-ring (bicyclic) bond motifs is 18. The molecule has 0 bridgehead atoms. The van der Waals surface area contributed by atoms with E-state index in [-0.39, 0.29) is 0 Å². The maximum absolute atomic E-state index is 6.26. The smallest absolute Gasteiger partial charge is 0.135 e. The molecule has 0 N–H and O–H groups in total. The average molecular weight is 979 g/mol. The minimum absolute atomic E-state index is 0.552. The Morgan fingerprint density at radius 3 is 1.64 bits per heavy atom. The van der Waals surface area contributed by atoms with Crippen LogP contribution in [0, 0.1) is 0 Å². The molecule has 0 radical (unpaired) electrons. The quantitative estimate of drug-likeness (QED) is 0.166. The SMILES string of the molecule is c1ccc(C2(c3ccccc3)c3ccccc3-c3ccc(N(c4ccc(-c5ccc6oc7ccccc7c6c5)cc4)c4ccc5c(c4)-c4ccccc4C54c5ccccc5-n5c6ccccc6c6cccc4c65)cc32)cc1. The molecule has 0 saturated carbocycles. The van der Waals surface area contributed by atoms with Crippen LogP contribution in [0.25, 0.3) is 82.8 Å². The van der Waals surface area contributed by atoms with E-state index in [2.05, 4.69) is 276 Å². The molecule has 3 heteroatoms. The molecule has 1 unspecified atom stereocenters. The molecular formula is C74H46N2O. The standard InChI is InChI=1S/C74H46N2O/c1-3-18-49(19-4-1)73(50-20-5-2-6-21-50)62-27-11-7-22-54(62)56-41-39-53(46-67(56)73)75(51-37-34-47(35-38-51)48-36-43-71-61(44-48)58-25-10-16-33-70(58)77-71)52-40-42-64-60(45-52)55-23-8-12-28-63(55)74(64)65-29-13-15-32-69(65)76-68-31-14-9-24-57(68)59-26-17-30-66(74)72(59)76/h1-46H. The summed E-state index contributed by atoms with van der Waals surface area (Å²) in [5, 5.41) is 4.81. The Morgan fingerprint density at radius 2 is 0.844 bits per heavy atom. The highest BCUT2D eigenvalue weighted by atomic mass is 16.3. The summed E-state index contributed by atoms with van der Waals surface area (Å²) < 4.78 is 8.78. The van der Waals surface area contributed by atoms with E-state index < -0.39 is 10.8 Å². The molecule has 14 aromatic rings. The van der Waals surface area contributed by atoms with E-state index in [9.17, 15) is 0 Å². The van der Waals surface area contributed by atoms with Crippen molar-refractivity contribution in [3.63, 3.8) is 0 Å². The van der Waals surface area contributed by atoms with Crippen molar-refractivity contribution in [3.05, 3.63) is 324 Å². The summed E-state index contributed by atoms with van der Waals surface area (Å²) in [6.45, 7) is 0. The Hall–Kier alpha value is -9.96. The fraction of sp³-hybridized carbons (Fsp3) is 0.0270. The molecule has 0 amide bonds. The molecule has 17 rings (SSSR count). The molecule has 3 heterocycles.